The smallest absolute Gasteiger partial charge is 0.408 e. The molecule has 2 heterocycles. The molecule has 1 saturated carbocycles. The Balaban J connectivity index is 1.43. The molecule has 1 saturated heterocycles. The summed E-state index contributed by atoms with van der Waals surface area (Å²) in [5.74, 6) is -0.382. The molecule has 31 heavy (non-hydrogen) atoms. The highest BCUT2D eigenvalue weighted by Crippen LogP contribution is 2.38. The molecule has 0 amide bonds. The van der Waals surface area contributed by atoms with Crippen LogP contribution in [0.15, 0.2) is 27.4 Å². The average molecular weight is 425 g/mol. The molecule has 8 nitrogen and oxygen atoms in total. The van der Waals surface area contributed by atoms with Gasteiger partial charge in [0.25, 0.3) is 0 Å². The molecule has 2 fully saturated rings. The molecule has 1 aliphatic carbocycles. The standard InChI is InChI=1S/C23H28N4O4/c1-29-12-13-30-19-4-8-23(16-25,9-5-19)26-10-6-18(7-11-26)27-20-14-17(15-24)2-3-21(20)31-22(27)28/h2-3,14,18-19H,4-13H2,1H3. The number of piperidine rings is 1. The molecule has 0 atom stereocenters. The molecule has 2 aliphatic rings. The molecule has 8 heteroatoms. The van der Waals surface area contributed by atoms with Gasteiger partial charge >= 0.3 is 5.76 Å². The van der Waals surface area contributed by atoms with Gasteiger partial charge < -0.3 is 13.9 Å². The molecule has 1 aliphatic heterocycles. The molecular weight excluding hydrogens is 396 g/mol. The number of methoxy groups -OCH3 is 1. The van der Waals surface area contributed by atoms with Crippen LogP contribution in [-0.4, -0.2) is 54.5 Å². The summed E-state index contributed by atoms with van der Waals surface area (Å²) in [6.45, 7) is 2.69. The zero-order valence-electron chi connectivity index (χ0n) is 17.9. The Hall–Kier alpha value is -2.65. The highest BCUT2D eigenvalue weighted by Gasteiger charge is 2.42. The van der Waals surface area contributed by atoms with E-state index in [4.69, 9.17) is 13.9 Å². The predicted molar refractivity (Wildman–Crippen MR) is 113 cm³/mol. The lowest BCUT2D eigenvalue weighted by molar-refractivity contribution is -0.0316. The summed E-state index contributed by atoms with van der Waals surface area (Å²) in [5.41, 5.74) is 1.23. The van der Waals surface area contributed by atoms with Gasteiger partial charge in [-0.05, 0) is 56.7 Å². The Labute approximate surface area is 181 Å². The molecule has 4 rings (SSSR count). The fourth-order valence-corrected chi connectivity index (χ4v) is 5.03. The Morgan fingerprint density at radius 2 is 1.90 bits per heavy atom. The van der Waals surface area contributed by atoms with Crippen LogP contribution in [-0.2, 0) is 9.47 Å². The Bertz CT molecular complexity index is 1040. The first-order valence-electron chi connectivity index (χ1n) is 10.9. The van der Waals surface area contributed by atoms with Gasteiger partial charge in [0.05, 0.1) is 42.5 Å². The van der Waals surface area contributed by atoms with Crippen LogP contribution in [0, 0.1) is 22.7 Å². The highest BCUT2D eigenvalue weighted by molar-refractivity contribution is 5.75. The van der Waals surface area contributed by atoms with Crippen LogP contribution in [0.2, 0.25) is 0 Å². The number of oxazole rings is 1. The number of likely N-dealkylation sites (tertiary alicyclic amines) is 1. The van der Waals surface area contributed by atoms with Gasteiger partial charge in [0, 0.05) is 26.2 Å². The third-order valence-corrected chi connectivity index (χ3v) is 6.79. The van der Waals surface area contributed by atoms with Crippen LogP contribution < -0.4 is 5.76 Å². The van der Waals surface area contributed by atoms with Crippen molar-refractivity contribution in [3.05, 3.63) is 34.3 Å². The lowest BCUT2D eigenvalue weighted by atomic mass is 9.79. The number of nitrogens with zero attached hydrogens (tertiary/aromatic N) is 4. The maximum absolute atomic E-state index is 12.5. The van der Waals surface area contributed by atoms with Crippen molar-refractivity contribution in [3.63, 3.8) is 0 Å². The van der Waals surface area contributed by atoms with Crippen LogP contribution >= 0.6 is 0 Å². The zero-order valence-corrected chi connectivity index (χ0v) is 17.9. The van der Waals surface area contributed by atoms with Gasteiger partial charge in [-0.2, -0.15) is 10.5 Å². The average Bonchev–Trinajstić information content (AvgIpc) is 3.14. The van der Waals surface area contributed by atoms with E-state index in [-0.39, 0.29) is 17.9 Å². The molecule has 1 aromatic carbocycles. The van der Waals surface area contributed by atoms with E-state index in [2.05, 4.69) is 17.0 Å². The number of nitriles is 2. The lowest BCUT2D eigenvalue weighted by Gasteiger charge is -2.46. The quantitative estimate of drug-likeness (QED) is 0.657. The van der Waals surface area contributed by atoms with Gasteiger partial charge in [0.15, 0.2) is 5.58 Å². The van der Waals surface area contributed by atoms with Crippen molar-refractivity contribution in [1.29, 1.82) is 10.5 Å². The highest BCUT2D eigenvalue weighted by atomic mass is 16.5. The third kappa shape index (κ3) is 4.24. The van der Waals surface area contributed by atoms with Crippen molar-refractivity contribution >= 4 is 11.1 Å². The molecule has 0 unspecified atom stereocenters. The summed E-state index contributed by atoms with van der Waals surface area (Å²) in [6.07, 6.45) is 5.07. The first-order valence-corrected chi connectivity index (χ1v) is 10.9. The van der Waals surface area contributed by atoms with Gasteiger partial charge in [-0.1, -0.05) is 0 Å². The van der Waals surface area contributed by atoms with Crippen LogP contribution in [0.3, 0.4) is 0 Å². The molecule has 0 spiro atoms. The Kier molecular flexibility index (Phi) is 6.43. The van der Waals surface area contributed by atoms with E-state index in [0.29, 0.717) is 29.9 Å². The van der Waals surface area contributed by atoms with E-state index < -0.39 is 5.54 Å². The predicted octanol–water partition coefficient (Wildman–Crippen LogP) is 2.97. The summed E-state index contributed by atoms with van der Waals surface area (Å²) in [4.78, 5) is 14.8. The van der Waals surface area contributed by atoms with Gasteiger partial charge in [-0.3, -0.25) is 9.47 Å². The number of benzene rings is 1. The van der Waals surface area contributed by atoms with E-state index >= 15 is 0 Å². The van der Waals surface area contributed by atoms with Crippen molar-refractivity contribution in [2.75, 3.05) is 33.4 Å². The maximum Gasteiger partial charge on any atom is 0.420 e. The second kappa shape index (κ2) is 9.23. The first-order chi connectivity index (χ1) is 15.1. The third-order valence-electron chi connectivity index (χ3n) is 6.79. The summed E-state index contributed by atoms with van der Waals surface area (Å²) in [5, 5.41) is 19.2. The van der Waals surface area contributed by atoms with E-state index in [9.17, 15) is 15.3 Å². The molecule has 0 radical (unpaired) electrons. The van der Waals surface area contributed by atoms with Crippen molar-refractivity contribution in [1.82, 2.24) is 9.47 Å². The van der Waals surface area contributed by atoms with Crippen LogP contribution in [0.1, 0.15) is 50.1 Å². The molecule has 1 aromatic heterocycles. The van der Waals surface area contributed by atoms with Gasteiger partial charge in [0.2, 0.25) is 0 Å². The van der Waals surface area contributed by atoms with Gasteiger partial charge in [-0.25, -0.2) is 4.79 Å². The monoisotopic (exact) mass is 424 g/mol. The van der Waals surface area contributed by atoms with Crippen LogP contribution in [0.5, 0.6) is 0 Å². The molecule has 0 bridgehead atoms. The zero-order chi connectivity index (χ0) is 21.8. The number of ether oxygens (including phenoxy) is 2. The SMILES string of the molecule is COCCOC1CCC(C#N)(N2CCC(n3c(=O)oc4ccc(C#N)cc43)CC2)CC1. The second-order valence-electron chi connectivity index (χ2n) is 8.46. The van der Waals surface area contributed by atoms with Crippen molar-refractivity contribution < 1.29 is 13.9 Å². The summed E-state index contributed by atoms with van der Waals surface area (Å²) >= 11 is 0. The topological polar surface area (TPSA) is 104 Å². The van der Waals surface area contributed by atoms with Crippen LogP contribution in [0.25, 0.3) is 11.1 Å². The van der Waals surface area contributed by atoms with Crippen LogP contribution in [0.4, 0.5) is 0 Å². The summed E-state index contributed by atoms with van der Waals surface area (Å²) in [6, 6.07) is 9.78. The normalized spacial score (nSPS) is 25.3. The Morgan fingerprint density at radius 3 is 2.55 bits per heavy atom. The minimum Gasteiger partial charge on any atom is -0.408 e. The molecular formula is C23H28N4O4. The molecule has 0 N–H and O–H groups in total. The van der Waals surface area contributed by atoms with Crippen molar-refractivity contribution in [2.45, 2.75) is 56.2 Å². The Morgan fingerprint density at radius 1 is 1.16 bits per heavy atom. The fourth-order valence-electron chi connectivity index (χ4n) is 5.03. The largest absolute Gasteiger partial charge is 0.420 e. The number of hydrogen-bond donors (Lipinski definition) is 0. The minimum absolute atomic E-state index is 0.00315. The van der Waals surface area contributed by atoms with Crippen molar-refractivity contribution in [2.24, 2.45) is 0 Å². The summed E-state index contributed by atoms with van der Waals surface area (Å²) < 4.78 is 18.0. The second-order valence-corrected chi connectivity index (χ2v) is 8.46. The van der Waals surface area contributed by atoms with E-state index in [1.165, 1.54) is 0 Å². The minimum atomic E-state index is -0.455. The number of rotatable bonds is 6. The van der Waals surface area contributed by atoms with E-state index in [1.54, 1.807) is 29.9 Å². The first kappa shape index (κ1) is 21.6. The van der Waals surface area contributed by atoms with Gasteiger partial charge in [-0.15, -0.1) is 0 Å². The van der Waals surface area contributed by atoms with E-state index in [1.807, 2.05) is 0 Å². The van der Waals surface area contributed by atoms with Gasteiger partial charge in [0.1, 0.15) is 5.54 Å². The summed E-state index contributed by atoms with van der Waals surface area (Å²) in [7, 11) is 1.66. The fraction of sp³-hybridized carbons (Fsp3) is 0.609. The molecule has 2 aromatic rings. The van der Waals surface area contributed by atoms with Crippen molar-refractivity contribution in [3.8, 4) is 12.1 Å². The number of aromatic nitrogens is 1. The van der Waals surface area contributed by atoms with E-state index in [0.717, 1.165) is 51.6 Å². The number of fused-ring (bicyclic) bond motifs is 1. The lowest BCUT2D eigenvalue weighted by Crippen LogP contribution is -2.54. The number of hydrogen-bond acceptors (Lipinski definition) is 7. The molecule has 164 valence electrons. The maximum atomic E-state index is 12.5.